The minimum Gasteiger partial charge on any atom is -0.482 e. The van der Waals surface area contributed by atoms with E-state index >= 15 is 0 Å². The van der Waals surface area contributed by atoms with Crippen molar-refractivity contribution in [2.75, 3.05) is 13.2 Å². The molecule has 6 heteroatoms. The molecule has 1 rings (SSSR count). The Morgan fingerprint density at radius 3 is 2.50 bits per heavy atom. The zero-order valence-corrected chi connectivity index (χ0v) is 12.3. The van der Waals surface area contributed by atoms with Gasteiger partial charge in [0.2, 0.25) is 0 Å². The molecule has 0 aliphatic heterocycles. The predicted molar refractivity (Wildman–Crippen MR) is 75.8 cm³/mol. The summed E-state index contributed by atoms with van der Waals surface area (Å²) in [6.45, 7) is 3.28. The number of hydrogen-bond donors (Lipinski definition) is 1. The van der Waals surface area contributed by atoms with Crippen molar-refractivity contribution in [1.29, 1.82) is 0 Å². The first kappa shape index (κ1) is 16.3. The highest BCUT2D eigenvalue weighted by atomic mass is 35.5. The van der Waals surface area contributed by atoms with Gasteiger partial charge in [0.05, 0.1) is 0 Å². The fraction of sp³-hybridized carbons (Fsp3) is 0.429. The first-order valence-corrected chi connectivity index (χ1v) is 6.72. The van der Waals surface area contributed by atoms with E-state index in [-0.39, 0.29) is 25.2 Å². The molecule has 0 aromatic heterocycles. The molecule has 0 unspecified atom stereocenters. The molecule has 1 atom stereocenters. The van der Waals surface area contributed by atoms with E-state index in [9.17, 15) is 9.59 Å². The van der Waals surface area contributed by atoms with Crippen LogP contribution in [0.15, 0.2) is 24.3 Å². The van der Waals surface area contributed by atoms with Crippen LogP contribution in [0, 0.1) is 0 Å². The van der Waals surface area contributed by atoms with E-state index in [4.69, 9.17) is 21.1 Å². The number of nitrogens with one attached hydrogen (secondary N) is 1. The maximum atomic E-state index is 11.4. The van der Waals surface area contributed by atoms with Crippen molar-refractivity contribution >= 4 is 23.5 Å². The van der Waals surface area contributed by atoms with Crippen LogP contribution >= 0.6 is 11.6 Å². The predicted octanol–water partition coefficient (Wildman–Crippen LogP) is 2.18. The molecule has 1 aromatic rings. The minimum atomic E-state index is -0.598. The molecule has 0 spiro atoms. The molecular weight excluding hydrogens is 282 g/mol. The van der Waals surface area contributed by atoms with Gasteiger partial charge in [-0.05, 0) is 37.6 Å². The molecule has 0 fully saturated rings. The molecule has 0 bridgehead atoms. The number of amides is 1. The standard InChI is InChI=1S/C14H18ClNO4/c1-3-10(2)16-13(17)8-20-14(18)9-19-12-6-4-11(15)5-7-12/h4-7,10H,3,8-9H2,1-2H3,(H,16,17)/t10-/m0/s1. The summed E-state index contributed by atoms with van der Waals surface area (Å²) in [4.78, 5) is 22.8. The van der Waals surface area contributed by atoms with E-state index in [2.05, 4.69) is 5.32 Å². The van der Waals surface area contributed by atoms with Crippen molar-refractivity contribution < 1.29 is 19.1 Å². The molecule has 0 aliphatic rings. The van der Waals surface area contributed by atoms with Gasteiger partial charge in [-0.1, -0.05) is 18.5 Å². The maximum absolute atomic E-state index is 11.4. The summed E-state index contributed by atoms with van der Waals surface area (Å²) < 4.78 is 9.99. The van der Waals surface area contributed by atoms with Gasteiger partial charge in [0.15, 0.2) is 13.2 Å². The second-order valence-electron chi connectivity index (χ2n) is 4.28. The zero-order valence-electron chi connectivity index (χ0n) is 11.5. The molecule has 1 amide bonds. The average Bonchev–Trinajstić information content (AvgIpc) is 2.44. The number of benzene rings is 1. The lowest BCUT2D eigenvalue weighted by atomic mass is 10.2. The summed E-state index contributed by atoms with van der Waals surface area (Å²) in [6.07, 6.45) is 0.819. The van der Waals surface area contributed by atoms with Crippen LogP contribution in [0.1, 0.15) is 20.3 Å². The van der Waals surface area contributed by atoms with Crippen molar-refractivity contribution in [3.63, 3.8) is 0 Å². The summed E-state index contributed by atoms with van der Waals surface area (Å²) in [5.74, 6) is -0.408. The number of rotatable bonds is 7. The van der Waals surface area contributed by atoms with Crippen LogP contribution in [0.25, 0.3) is 0 Å². The molecule has 110 valence electrons. The monoisotopic (exact) mass is 299 g/mol. The molecule has 1 aromatic carbocycles. The van der Waals surface area contributed by atoms with Crippen LogP contribution in [0.3, 0.4) is 0 Å². The van der Waals surface area contributed by atoms with Crippen LogP contribution in [0.5, 0.6) is 5.75 Å². The molecule has 5 nitrogen and oxygen atoms in total. The number of carbonyl (C=O) groups excluding carboxylic acids is 2. The van der Waals surface area contributed by atoms with Gasteiger partial charge in [0, 0.05) is 11.1 Å². The Morgan fingerprint density at radius 1 is 1.25 bits per heavy atom. The largest absolute Gasteiger partial charge is 0.482 e. The summed E-state index contributed by atoms with van der Waals surface area (Å²) >= 11 is 5.72. The van der Waals surface area contributed by atoms with E-state index in [1.807, 2.05) is 13.8 Å². The lowest BCUT2D eigenvalue weighted by molar-refractivity contribution is -0.150. The van der Waals surface area contributed by atoms with Gasteiger partial charge in [-0.25, -0.2) is 4.79 Å². The summed E-state index contributed by atoms with van der Waals surface area (Å²) in [5.41, 5.74) is 0. The van der Waals surface area contributed by atoms with Crippen LogP contribution < -0.4 is 10.1 Å². The average molecular weight is 300 g/mol. The van der Waals surface area contributed by atoms with Crippen molar-refractivity contribution in [3.05, 3.63) is 29.3 Å². The Hall–Kier alpha value is -1.75. The van der Waals surface area contributed by atoms with Gasteiger partial charge in [-0.2, -0.15) is 0 Å². The van der Waals surface area contributed by atoms with Crippen LogP contribution in [0.4, 0.5) is 0 Å². The lowest BCUT2D eigenvalue weighted by Gasteiger charge is -2.11. The lowest BCUT2D eigenvalue weighted by Crippen LogP contribution is -2.35. The van der Waals surface area contributed by atoms with E-state index in [0.717, 1.165) is 6.42 Å². The summed E-state index contributed by atoms with van der Waals surface area (Å²) in [7, 11) is 0. The van der Waals surface area contributed by atoms with Crippen LogP contribution in [-0.2, 0) is 14.3 Å². The highest BCUT2D eigenvalue weighted by Crippen LogP contribution is 2.15. The van der Waals surface area contributed by atoms with Crippen LogP contribution in [-0.4, -0.2) is 31.1 Å². The molecule has 0 radical (unpaired) electrons. The third kappa shape index (κ3) is 6.43. The number of hydrogen-bond acceptors (Lipinski definition) is 4. The third-order valence-electron chi connectivity index (χ3n) is 2.55. The number of ether oxygens (including phenoxy) is 2. The van der Waals surface area contributed by atoms with E-state index in [1.165, 1.54) is 0 Å². The Balaban J connectivity index is 2.23. The van der Waals surface area contributed by atoms with Crippen molar-refractivity contribution in [2.24, 2.45) is 0 Å². The van der Waals surface area contributed by atoms with Crippen molar-refractivity contribution in [2.45, 2.75) is 26.3 Å². The molecular formula is C14H18ClNO4. The highest BCUT2D eigenvalue weighted by molar-refractivity contribution is 6.30. The fourth-order valence-electron chi connectivity index (χ4n) is 1.28. The molecule has 20 heavy (non-hydrogen) atoms. The third-order valence-corrected chi connectivity index (χ3v) is 2.81. The number of esters is 1. The van der Waals surface area contributed by atoms with Gasteiger partial charge in [0.25, 0.3) is 5.91 Å². The number of halogens is 1. The van der Waals surface area contributed by atoms with E-state index in [0.29, 0.717) is 10.8 Å². The Morgan fingerprint density at radius 2 is 1.90 bits per heavy atom. The first-order valence-electron chi connectivity index (χ1n) is 6.34. The Kier molecular flexibility index (Phi) is 6.87. The summed E-state index contributed by atoms with van der Waals surface area (Å²) in [5, 5.41) is 3.28. The van der Waals surface area contributed by atoms with Crippen molar-refractivity contribution in [1.82, 2.24) is 5.32 Å². The smallest absolute Gasteiger partial charge is 0.344 e. The van der Waals surface area contributed by atoms with E-state index in [1.54, 1.807) is 24.3 Å². The van der Waals surface area contributed by atoms with E-state index < -0.39 is 5.97 Å². The second kappa shape index (κ2) is 8.43. The topological polar surface area (TPSA) is 64.6 Å². The molecule has 0 aliphatic carbocycles. The molecule has 0 heterocycles. The van der Waals surface area contributed by atoms with Gasteiger partial charge >= 0.3 is 5.97 Å². The Labute approximate surface area is 123 Å². The summed E-state index contributed by atoms with van der Waals surface area (Å²) in [6, 6.07) is 6.66. The zero-order chi connectivity index (χ0) is 15.0. The SMILES string of the molecule is CC[C@H](C)NC(=O)COC(=O)COc1ccc(Cl)cc1. The normalized spacial score (nSPS) is 11.6. The van der Waals surface area contributed by atoms with Crippen LogP contribution in [0.2, 0.25) is 5.02 Å². The van der Waals surface area contributed by atoms with Gasteiger partial charge in [0.1, 0.15) is 5.75 Å². The van der Waals surface area contributed by atoms with Gasteiger partial charge in [-0.15, -0.1) is 0 Å². The van der Waals surface area contributed by atoms with Gasteiger partial charge in [-0.3, -0.25) is 4.79 Å². The van der Waals surface area contributed by atoms with Gasteiger partial charge < -0.3 is 14.8 Å². The van der Waals surface area contributed by atoms with Crippen molar-refractivity contribution in [3.8, 4) is 5.75 Å². The minimum absolute atomic E-state index is 0.0616. The molecule has 0 saturated carbocycles. The fourth-order valence-corrected chi connectivity index (χ4v) is 1.41. The molecule has 1 N–H and O–H groups in total. The first-order chi connectivity index (χ1) is 9.51. The highest BCUT2D eigenvalue weighted by Gasteiger charge is 2.10. The Bertz CT molecular complexity index is 447. The quantitative estimate of drug-likeness (QED) is 0.784. The maximum Gasteiger partial charge on any atom is 0.344 e. The second-order valence-corrected chi connectivity index (χ2v) is 4.72. The molecule has 0 saturated heterocycles. The number of carbonyl (C=O) groups is 2.